The first-order valence-corrected chi connectivity index (χ1v) is 7.19. The van der Waals surface area contributed by atoms with Crippen molar-refractivity contribution in [3.63, 3.8) is 0 Å². The number of hydrogen-bond donors (Lipinski definition) is 1. The van der Waals surface area contributed by atoms with Gasteiger partial charge in [0.1, 0.15) is 5.78 Å². The number of carbonyl (C=O) groups excluding carboxylic acids is 1. The molecule has 1 saturated carbocycles. The Hall–Kier alpha value is -0.630. The van der Waals surface area contributed by atoms with Crippen molar-refractivity contribution >= 4 is 5.78 Å². The Balaban J connectivity index is 2.50. The second kappa shape index (κ2) is 6.01. The number of ketones is 1. The van der Waals surface area contributed by atoms with Crippen LogP contribution in [-0.4, -0.2) is 16.5 Å². The minimum atomic E-state index is -0.678. The van der Waals surface area contributed by atoms with Crippen LogP contribution < -0.4 is 0 Å². The van der Waals surface area contributed by atoms with Crippen molar-refractivity contribution in [2.75, 3.05) is 0 Å². The van der Waals surface area contributed by atoms with Gasteiger partial charge in [-0.1, -0.05) is 39.3 Å². The molecule has 1 unspecified atom stereocenters. The Labute approximate surface area is 111 Å². The van der Waals surface area contributed by atoms with Gasteiger partial charge in [0.15, 0.2) is 0 Å². The second-order valence-electron chi connectivity index (χ2n) is 6.58. The van der Waals surface area contributed by atoms with Gasteiger partial charge in [-0.25, -0.2) is 0 Å². The summed E-state index contributed by atoms with van der Waals surface area (Å²) in [6.07, 6.45) is 9.38. The van der Waals surface area contributed by atoms with Crippen LogP contribution in [0.25, 0.3) is 0 Å². The molecule has 0 amide bonds. The Morgan fingerprint density at radius 3 is 2.56 bits per heavy atom. The average Bonchev–Trinajstić information content (AvgIpc) is 2.63. The zero-order valence-corrected chi connectivity index (χ0v) is 12.3. The van der Waals surface area contributed by atoms with Crippen LogP contribution in [0.5, 0.6) is 0 Å². The van der Waals surface area contributed by atoms with E-state index >= 15 is 0 Å². The molecule has 2 nitrogen and oxygen atoms in total. The van der Waals surface area contributed by atoms with Gasteiger partial charge in [-0.2, -0.15) is 0 Å². The fourth-order valence-electron chi connectivity index (χ4n) is 2.67. The minimum Gasteiger partial charge on any atom is -0.389 e. The van der Waals surface area contributed by atoms with Gasteiger partial charge >= 0.3 is 0 Å². The van der Waals surface area contributed by atoms with E-state index in [4.69, 9.17) is 0 Å². The molecule has 0 aliphatic heterocycles. The molecule has 2 heteroatoms. The SMILES string of the molecule is CCCC(C)(C)[C@@](C)(O)C/C=C/C1CCC(=O)C1. The van der Waals surface area contributed by atoms with Crippen LogP contribution in [0.3, 0.4) is 0 Å². The molecule has 1 aliphatic carbocycles. The van der Waals surface area contributed by atoms with Crippen LogP contribution in [-0.2, 0) is 4.79 Å². The lowest BCUT2D eigenvalue weighted by molar-refractivity contribution is -0.117. The number of carbonyl (C=O) groups is 1. The summed E-state index contributed by atoms with van der Waals surface area (Å²) >= 11 is 0. The summed E-state index contributed by atoms with van der Waals surface area (Å²) in [6, 6.07) is 0. The number of aliphatic hydroxyl groups is 1. The summed E-state index contributed by atoms with van der Waals surface area (Å²) in [5, 5.41) is 10.6. The number of Topliss-reactive ketones (excluding diaryl/α,β-unsaturated/α-hetero) is 1. The van der Waals surface area contributed by atoms with Crippen molar-refractivity contribution in [3.05, 3.63) is 12.2 Å². The Bertz CT molecular complexity index is 313. The lowest BCUT2D eigenvalue weighted by atomic mass is 9.71. The summed E-state index contributed by atoms with van der Waals surface area (Å²) in [5.74, 6) is 0.783. The summed E-state index contributed by atoms with van der Waals surface area (Å²) in [7, 11) is 0. The first-order valence-electron chi connectivity index (χ1n) is 7.19. The normalized spacial score (nSPS) is 24.7. The van der Waals surface area contributed by atoms with Crippen molar-refractivity contribution in [1.82, 2.24) is 0 Å². The van der Waals surface area contributed by atoms with E-state index in [2.05, 4.69) is 32.9 Å². The molecular weight excluding hydrogens is 224 g/mol. The Kier molecular flexibility index (Phi) is 5.15. The maximum absolute atomic E-state index is 11.2. The van der Waals surface area contributed by atoms with E-state index in [-0.39, 0.29) is 5.41 Å². The molecule has 0 heterocycles. The molecule has 0 aromatic carbocycles. The highest BCUT2D eigenvalue weighted by atomic mass is 16.3. The molecule has 1 N–H and O–H groups in total. The summed E-state index contributed by atoms with van der Waals surface area (Å²) in [5.41, 5.74) is -0.750. The van der Waals surface area contributed by atoms with Gasteiger partial charge in [0.25, 0.3) is 0 Å². The molecule has 1 aliphatic rings. The molecule has 18 heavy (non-hydrogen) atoms. The van der Waals surface area contributed by atoms with Crippen molar-refractivity contribution < 1.29 is 9.90 Å². The third-order valence-electron chi connectivity index (χ3n) is 4.54. The number of hydrogen-bond acceptors (Lipinski definition) is 2. The Morgan fingerprint density at radius 2 is 2.06 bits per heavy atom. The van der Waals surface area contributed by atoms with Crippen molar-refractivity contribution in [1.29, 1.82) is 0 Å². The monoisotopic (exact) mass is 252 g/mol. The predicted octanol–water partition coefficient (Wildman–Crippen LogP) is 3.88. The molecule has 0 aromatic heterocycles. The minimum absolute atomic E-state index is 0.0718. The highest BCUT2D eigenvalue weighted by Gasteiger charge is 2.37. The maximum Gasteiger partial charge on any atom is 0.133 e. The molecule has 1 fully saturated rings. The topological polar surface area (TPSA) is 37.3 Å². The van der Waals surface area contributed by atoms with Crippen molar-refractivity contribution in [3.8, 4) is 0 Å². The standard InChI is InChI=1S/C16H28O2/c1-5-10-15(2,3)16(4,18)11-6-7-13-8-9-14(17)12-13/h6-7,13,18H,5,8-12H2,1-4H3/b7-6+/t13?,16-/m0/s1. The molecule has 0 spiro atoms. The van der Waals surface area contributed by atoms with Crippen LogP contribution in [0.2, 0.25) is 0 Å². The molecule has 0 bridgehead atoms. The van der Waals surface area contributed by atoms with Gasteiger partial charge in [-0.15, -0.1) is 0 Å². The second-order valence-corrected chi connectivity index (χ2v) is 6.58. The Morgan fingerprint density at radius 1 is 1.39 bits per heavy atom. The first-order chi connectivity index (χ1) is 8.28. The molecule has 0 saturated heterocycles. The van der Waals surface area contributed by atoms with E-state index in [9.17, 15) is 9.90 Å². The quantitative estimate of drug-likeness (QED) is 0.728. The van der Waals surface area contributed by atoms with E-state index in [1.54, 1.807) is 0 Å². The molecule has 1 rings (SSSR count). The van der Waals surface area contributed by atoms with E-state index in [0.29, 0.717) is 24.5 Å². The van der Waals surface area contributed by atoms with E-state index in [1.807, 2.05) is 6.92 Å². The predicted molar refractivity (Wildman–Crippen MR) is 75.4 cm³/mol. The van der Waals surface area contributed by atoms with Crippen LogP contribution >= 0.6 is 0 Å². The summed E-state index contributed by atoms with van der Waals surface area (Å²) in [6.45, 7) is 8.33. The largest absolute Gasteiger partial charge is 0.389 e. The summed E-state index contributed by atoms with van der Waals surface area (Å²) < 4.78 is 0. The van der Waals surface area contributed by atoms with Gasteiger partial charge in [-0.05, 0) is 37.5 Å². The van der Waals surface area contributed by atoms with Crippen molar-refractivity contribution in [2.45, 2.75) is 71.8 Å². The van der Waals surface area contributed by atoms with Gasteiger partial charge in [-0.3, -0.25) is 4.79 Å². The highest BCUT2D eigenvalue weighted by Crippen LogP contribution is 2.38. The molecular formula is C16H28O2. The fraction of sp³-hybridized carbons (Fsp3) is 0.812. The number of allylic oxidation sites excluding steroid dienone is 1. The van der Waals surface area contributed by atoms with Crippen LogP contribution in [0.4, 0.5) is 0 Å². The van der Waals surface area contributed by atoms with E-state index < -0.39 is 5.60 Å². The smallest absolute Gasteiger partial charge is 0.133 e. The van der Waals surface area contributed by atoms with Crippen LogP contribution in [0, 0.1) is 11.3 Å². The zero-order chi connectivity index (χ0) is 13.8. The maximum atomic E-state index is 11.2. The van der Waals surface area contributed by atoms with Gasteiger partial charge in [0.05, 0.1) is 5.60 Å². The van der Waals surface area contributed by atoms with Gasteiger partial charge < -0.3 is 5.11 Å². The molecule has 0 aromatic rings. The van der Waals surface area contributed by atoms with Gasteiger partial charge in [0.2, 0.25) is 0 Å². The highest BCUT2D eigenvalue weighted by molar-refractivity contribution is 5.80. The van der Waals surface area contributed by atoms with Crippen LogP contribution in [0.1, 0.15) is 66.2 Å². The van der Waals surface area contributed by atoms with E-state index in [0.717, 1.165) is 25.7 Å². The summed E-state index contributed by atoms with van der Waals surface area (Å²) in [4.78, 5) is 11.2. The average molecular weight is 252 g/mol. The van der Waals surface area contributed by atoms with Gasteiger partial charge in [0, 0.05) is 12.8 Å². The van der Waals surface area contributed by atoms with Crippen LogP contribution in [0.15, 0.2) is 12.2 Å². The third kappa shape index (κ3) is 3.94. The molecule has 2 atom stereocenters. The zero-order valence-electron chi connectivity index (χ0n) is 12.3. The van der Waals surface area contributed by atoms with E-state index in [1.165, 1.54) is 0 Å². The third-order valence-corrected chi connectivity index (χ3v) is 4.54. The number of rotatable bonds is 6. The lowest BCUT2D eigenvalue weighted by Crippen LogP contribution is -2.41. The molecule has 0 radical (unpaired) electrons. The fourth-order valence-corrected chi connectivity index (χ4v) is 2.67. The van der Waals surface area contributed by atoms with Crippen molar-refractivity contribution in [2.24, 2.45) is 11.3 Å². The first kappa shape index (κ1) is 15.4. The molecule has 104 valence electrons. The lowest BCUT2D eigenvalue weighted by Gasteiger charge is -2.39.